The van der Waals surface area contributed by atoms with Crippen molar-refractivity contribution in [3.8, 4) is 0 Å². The molecule has 2 aromatic rings. The highest BCUT2D eigenvalue weighted by atomic mass is 32.2. The van der Waals surface area contributed by atoms with Crippen molar-refractivity contribution >= 4 is 11.8 Å². The van der Waals surface area contributed by atoms with Crippen LogP contribution >= 0.6 is 11.8 Å². The fourth-order valence-electron chi connectivity index (χ4n) is 1.46. The smallest absolute Gasteiger partial charge is 0.338 e. The summed E-state index contributed by atoms with van der Waals surface area (Å²) in [5.41, 5.74) is -0.288. The Labute approximate surface area is 128 Å². The topological polar surface area (TPSA) is 95.7 Å². The number of nitrogens with two attached hydrogens (primary N) is 1. The predicted octanol–water partition coefficient (Wildman–Crippen LogP) is 2.54. The number of thioether (sulfide) groups is 1. The van der Waals surface area contributed by atoms with Gasteiger partial charge >= 0.3 is 6.18 Å². The van der Waals surface area contributed by atoms with Gasteiger partial charge in [0.25, 0.3) is 5.82 Å². The molecule has 0 spiro atoms. The number of aromatic nitrogens is 5. The van der Waals surface area contributed by atoms with Crippen molar-refractivity contribution in [1.29, 1.82) is 0 Å². The Kier molecular flexibility index (Phi) is 4.11. The molecule has 2 aromatic heterocycles. The SMILES string of the molecule is CC(Sc1nnc(C(F)(F)F)n1N)c1nc(C(C)(C)C)no1. The Morgan fingerprint density at radius 2 is 1.86 bits per heavy atom. The van der Waals surface area contributed by atoms with E-state index < -0.39 is 17.3 Å². The van der Waals surface area contributed by atoms with Gasteiger partial charge in [0, 0.05) is 5.41 Å². The van der Waals surface area contributed by atoms with Crippen molar-refractivity contribution in [3.63, 3.8) is 0 Å². The molecule has 0 bridgehead atoms. The van der Waals surface area contributed by atoms with Gasteiger partial charge in [-0.25, -0.2) is 4.68 Å². The Hall–Kier alpha value is -1.78. The van der Waals surface area contributed by atoms with Crippen molar-refractivity contribution < 1.29 is 17.7 Å². The van der Waals surface area contributed by atoms with Gasteiger partial charge in [-0.05, 0) is 6.92 Å². The van der Waals surface area contributed by atoms with Crippen LogP contribution in [-0.2, 0) is 11.6 Å². The van der Waals surface area contributed by atoms with E-state index in [1.54, 1.807) is 6.92 Å². The van der Waals surface area contributed by atoms with Crippen LogP contribution in [0.4, 0.5) is 13.2 Å². The van der Waals surface area contributed by atoms with E-state index >= 15 is 0 Å². The highest BCUT2D eigenvalue weighted by molar-refractivity contribution is 7.99. The number of hydrogen-bond acceptors (Lipinski definition) is 7. The van der Waals surface area contributed by atoms with Crippen molar-refractivity contribution in [2.75, 3.05) is 5.84 Å². The van der Waals surface area contributed by atoms with Crippen LogP contribution in [-0.4, -0.2) is 25.0 Å². The maximum Gasteiger partial charge on any atom is 0.453 e. The molecule has 1 atom stereocenters. The Bertz CT molecular complexity index is 660. The molecule has 2 rings (SSSR count). The van der Waals surface area contributed by atoms with E-state index in [9.17, 15) is 13.2 Å². The van der Waals surface area contributed by atoms with Crippen LogP contribution in [0.3, 0.4) is 0 Å². The summed E-state index contributed by atoms with van der Waals surface area (Å²) in [6.07, 6.45) is -4.66. The minimum absolute atomic E-state index is 0.0877. The highest BCUT2D eigenvalue weighted by Crippen LogP contribution is 2.35. The number of hydrogen-bond donors (Lipinski definition) is 1. The Morgan fingerprint density at radius 3 is 2.32 bits per heavy atom. The number of nitrogen functional groups attached to an aromatic ring is 1. The molecule has 0 radical (unpaired) electrons. The summed E-state index contributed by atoms with van der Waals surface area (Å²) in [6.45, 7) is 7.47. The molecular weight excluding hydrogens is 321 g/mol. The predicted molar refractivity (Wildman–Crippen MR) is 72.4 cm³/mol. The molecule has 0 saturated carbocycles. The zero-order valence-electron chi connectivity index (χ0n) is 12.3. The van der Waals surface area contributed by atoms with Crippen molar-refractivity contribution in [3.05, 3.63) is 17.5 Å². The summed E-state index contributed by atoms with van der Waals surface area (Å²) in [5, 5.41) is 9.85. The molecule has 1 unspecified atom stereocenters. The van der Waals surface area contributed by atoms with E-state index in [0.717, 1.165) is 11.8 Å². The van der Waals surface area contributed by atoms with E-state index in [1.807, 2.05) is 20.8 Å². The first-order chi connectivity index (χ1) is 10.00. The van der Waals surface area contributed by atoms with Gasteiger partial charge in [0.15, 0.2) is 5.82 Å². The highest BCUT2D eigenvalue weighted by Gasteiger charge is 2.38. The summed E-state index contributed by atoms with van der Waals surface area (Å²) >= 11 is 0.952. The average molecular weight is 336 g/mol. The third-order valence-electron chi connectivity index (χ3n) is 2.66. The lowest BCUT2D eigenvalue weighted by Crippen LogP contribution is -2.21. The number of halogens is 3. The molecule has 0 saturated heterocycles. The van der Waals surface area contributed by atoms with Crippen LogP contribution in [0.25, 0.3) is 0 Å². The zero-order valence-corrected chi connectivity index (χ0v) is 13.2. The first-order valence-corrected chi connectivity index (χ1v) is 7.16. The molecule has 0 fully saturated rings. The van der Waals surface area contributed by atoms with Gasteiger partial charge in [-0.3, -0.25) is 0 Å². The summed E-state index contributed by atoms with van der Waals surface area (Å²) in [6, 6.07) is 0. The largest absolute Gasteiger partial charge is 0.453 e. The van der Waals surface area contributed by atoms with Gasteiger partial charge < -0.3 is 10.4 Å². The van der Waals surface area contributed by atoms with E-state index in [1.165, 1.54) is 0 Å². The van der Waals surface area contributed by atoms with Gasteiger partial charge in [0.1, 0.15) is 0 Å². The van der Waals surface area contributed by atoms with Crippen LogP contribution < -0.4 is 5.84 Å². The summed E-state index contributed by atoms with van der Waals surface area (Å²) in [4.78, 5) is 4.24. The van der Waals surface area contributed by atoms with Crippen molar-refractivity contribution in [2.45, 2.75) is 49.7 Å². The summed E-state index contributed by atoms with van der Waals surface area (Å²) in [7, 11) is 0. The van der Waals surface area contributed by atoms with Crippen molar-refractivity contribution in [1.82, 2.24) is 25.0 Å². The fourth-order valence-corrected chi connectivity index (χ4v) is 2.26. The quantitative estimate of drug-likeness (QED) is 0.679. The Balaban J connectivity index is 2.18. The first kappa shape index (κ1) is 16.6. The molecule has 22 heavy (non-hydrogen) atoms. The molecular formula is C11H15F3N6OS. The monoisotopic (exact) mass is 336 g/mol. The van der Waals surface area contributed by atoms with E-state index in [2.05, 4.69) is 20.3 Å². The van der Waals surface area contributed by atoms with Gasteiger partial charge in [0.05, 0.1) is 5.25 Å². The fraction of sp³-hybridized carbons (Fsp3) is 0.636. The van der Waals surface area contributed by atoms with Crippen LogP contribution in [0, 0.1) is 0 Å². The van der Waals surface area contributed by atoms with E-state index in [0.29, 0.717) is 10.5 Å². The van der Waals surface area contributed by atoms with Crippen LogP contribution in [0.1, 0.15) is 50.5 Å². The first-order valence-electron chi connectivity index (χ1n) is 6.28. The molecule has 0 aliphatic rings. The summed E-state index contributed by atoms with van der Waals surface area (Å²) in [5.74, 6) is 4.91. The van der Waals surface area contributed by atoms with Crippen LogP contribution in [0.2, 0.25) is 0 Å². The minimum Gasteiger partial charge on any atom is -0.338 e. The maximum atomic E-state index is 12.6. The maximum absolute atomic E-state index is 12.6. The normalized spacial score (nSPS) is 14.3. The van der Waals surface area contributed by atoms with Gasteiger partial charge in [-0.1, -0.05) is 37.7 Å². The number of nitrogens with zero attached hydrogens (tertiary/aromatic N) is 5. The summed E-state index contributed by atoms with van der Waals surface area (Å²) < 4.78 is 43.4. The Morgan fingerprint density at radius 1 is 1.23 bits per heavy atom. The molecule has 11 heteroatoms. The zero-order chi connectivity index (χ0) is 16.7. The second-order valence-electron chi connectivity index (χ2n) is 5.64. The number of alkyl halides is 3. The van der Waals surface area contributed by atoms with Gasteiger partial charge in [-0.15, -0.1) is 10.2 Å². The molecule has 122 valence electrons. The van der Waals surface area contributed by atoms with Crippen molar-refractivity contribution in [2.24, 2.45) is 0 Å². The van der Waals surface area contributed by atoms with Crippen LogP contribution in [0.15, 0.2) is 9.68 Å². The van der Waals surface area contributed by atoms with Crippen LogP contribution in [0.5, 0.6) is 0 Å². The molecule has 0 amide bonds. The van der Waals surface area contributed by atoms with Gasteiger partial charge in [-0.2, -0.15) is 18.2 Å². The molecule has 0 aliphatic carbocycles. The third kappa shape index (κ3) is 3.34. The second-order valence-corrected chi connectivity index (χ2v) is 6.95. The third-order valence-corrected chi connectivity index (χ3v) is 3.70. The standard InChI is InChI=1S/C11H15F3N6OS/c1-5(6-16-7(19-21-6)10(2,3)4)22-9-18-17-8(20(9)15)11(12,13)14/h5H,15H2,1-4H3. The average Bonchev–Trinajstić information content (AvgIpc) is 2.95. The lowest BCUT2D eigenvalue weighted by atomic mass is 9.96. The second kappa shape index (κ2) is 5.45. The minimum atomic E-state index is -4.66. The van der Waals surface area contributed by atoms with E-state index in [4.69, 9.17) is 10.4 Å². The molecule has 7 nitrogen and oxygen atoms in total. The number of rotatable bonds is 3. The molecule has 2 heterocycles. The molecule has 2 N–H and O–H groups in total. The molecule has 0 aliphatic heterocycles. The van der Waals surface area contributed by atoms with E-state index in [-0.39, 0.29) is 16.5 Å². The molecule has 0 aromatic carbocycles. The lowest BCUT2D eigenvalue weighted by molar-refractivity contribution is -0.146. The lowest BCUT2D eigenvalue weighted by Gasteiger charge is -2.11. The van der Waals surface area contributed by atoms with Gasteiger partial charge in [0.2, 0.25) is 11.0 Å².